The Labute approximate surface area is 189 Å². The summed E-state index contributed by atoms with van der Waals surface area (Å²) in [5.74, 6) is 1.12. The average Bonchev–Trinajstić information content (AvgIpc) is 3.42. The molecule has 1 N–H and O–H groups in total. The molecule has 1 amide bonds. The van der Waals surface area contributed by atoms with E-state index in [-0.39, 0.29) is 17.2 Å². The van der Waals surface area contributed by atoms with Crippen molar-refractivity contribution in [3.8, 4) is 17.1 Å². The summed E-state index contributed by atoms with van der Waals surface area (Å²) in [5.41, 5.74) is 2.23. The molecule has 0 spiro atoms. The number of nitrogens with zero attached hydrogens (tertiary/aromatic N) is 5. The standard InChI is InChI=1S/C22H24N6O3S/c1-13-18(21(30)28(27(13)5)16-9-7-6-8-10-16)23-20(29)15(3)32-22-25-24-19(26(22)4)17-11-12-31-14(17)2/h6-12,15H,1-5H3,(H,23,29). The van der Waals surface area contributed by atoms with Crippen molar-refractivity contribution in [1.29, 1.82) is 0 Å². The zero-order chi connectivity index (χ0) is 23.0. The van der Waals surface area contributed by atoms with Crippen LogP contribution < -0.4 is 10.9 Å². The van der Waals surface area contributed by atoms with E-state index in [9.17, 15) is 9.59 Å². The Morgan fingerprint density at radius 3 is 2.50 bits per heavy atom. The highest BCUT2D eigenvalue weighted by atomic mass is 32.2. The zero-order valence-electron chi connectivity index (χ0n) is 18.5. The first-order valence-electron chi connectivity index (χ1n) is 10.0. The number of hydrogen-bond acceptors (Lipinski definition) is 6. The summed E-state index contributed by atoms with van der Waals surface area (Å²) in [6.07, 6.45) is 1.60. The molecule has 0 aliphatic carbocycles. The van der Waals surface area contributed by atoms with Crippen molar-refractivity contribution in [3.63, 3.8) is 0 Å². The average molecular weight is 453 g/mol. The van der Waals surface area contributed by atoms with Crippen LogP contribution in [0.5, 0.6) is 0 Å². The van der Waals surface area contributed by atoms with Crippen molar-refractivity contribution in [1.82, 2.24) is 24.1 Å². The van der Waals surface area contributed by atoms with Crippen LogP contribution in [0, 0.1) is 13.8 Å². The summed E-state index contributed by atoms with van der Waals surface area (Å²) in [6, 6.07) is 11.1. The van der Waals surface area contributed by atoms with E-state index in [0.29, 0.717) is 16.7 Å². The molecule has 32 heavy (non-hydrogen) atoms. The lowest BCUT2D eigenvalue weighted by molar-refractivity contribution is -0.115. The van der Waals surface area contributed by atoms with Crippen LogP contribution >= 0.6 is 11.8 Å². The van der Waals surface area contributed by atoms with Gasteiger partial charge in [0.15, 0.2) is 11.0 Å². The summed E-state index contributed by atoms with van der Waals surface area (Å²) in [4.78, 5) is 26.0. The van der Waals surface area contributed by atoms with E-state index in [0.717, 1.165) is 17.0 Å². The lowest BCUT2D eigenvalue weighted by atomic mass is 10.2. The molecule has 0 radical (unpaired) electrons. The maximum Gasteiger partial charge on any atom is 0.295 e. The number of rotatable bonds is 6. The van der Waals surface area contributed by atoms with Crippen LogP contribution in [-0.4, -0.2) is 35.3 Å². The van der Waals surface area contributed by atoms with Crippen LogP contribution in [0.3, 0.4) is 0 Å². The van der Waals surface area contributed by atoms with Crippen molar-refractivity contribution in [2.24, 2.45) is 14.1 Å². The second-order valence-electron chi connectivity index (χ2n) is 7.44. The van der Waals surface area contributed by atoms with Gasteiger partial charge in [0.25, 0.3) is 5.56 Å². The maximum atomic E-state index is 13.0. The third-order valence-corrected chi connectivity index (χ3v) is 6.52. The summed E-state index contributed by atoms with van der Waals surface area (Å²) < 4.78 is 10.4. The number of aryl methyl sites for hydroxylation is 1. The van der Waals surface area contributed by atoms with Gasteiger partial charge >= 0.3 is 0 Å². The monoisotopic (exact) mass is 452 g/mol. The number of benzene rings is 1. The van der Waals surface area contributed by atoms with Gasteiger partial charge in [-0.3, -0.25) is 14.3 Å². The summed E-state index contributed by atoms with van der Waals surface area (Å²) in [6.45, 7) is 5.43. The quantitative estimate of drug-likeness (QED) is 0.451. The summed E-state index contributed by atoms with van der Waals surface area (Å²) in [5, 5.41) is 11.4. The van der Waals surface area contributed by atoms with Gasteiger partial charge < -0.3 is 14.3 Å². The second-order valence-corrected chi connectivity index (χ2v) is 8.75. The third kappa shape index (κ3) is 3.77. The zero-order valence-corrected chi connectivity index (χ0v) is 19.3. The van der Waals surface area contributed by atoms with Crippen LogP contribution in [0.1, 0.15) is 18.4 Å². The highest BCUT2D eigenvalue weighted by molar-refractivity contribution is 8.00. The minimum absolute atomic E-state index is 0.265. The highest BCUT2D eigenvalue weighted by Crippen LogP contribution is 2.28. The van der Waals surface area contributed by atoms with Gasteiger partial charge in [0.2, 0.25) is 5.91 Å². The number of anilines is 1. The Hall–Kier alpha value is -3.53. The van der Waals surface area contributed by atoms with Gasteiger partial charge in [-0.25, -0.2) is 4.68 Å². The van der Waals surface area contributed by atoms with Crippen molar-refractivity contribution in [2.45, 2.75) is 31.2 Å². The molecule has 3 heterocycles. The lowest BCUT2D eigenvalue weighted by Crippen LogP contribution is -2.27. The normalized spacial score (nSPS) is 12.2. The van der Waals surface area contributed by atoms with E-state index in [1.807, 2.05) is 54.9 Å². The number of amides is 1. The van der Waals surface area contributed by atoms with Gasteiger partial charge in [0, 0.05) is 14.1 Å². The molecule has 0 fully saturated rings. The highest BCUT2D eigenvalue weighted by Gasteiger charge is 2.24. The van der Waals surface area contributed by atoms with Gasteiger partial charge in [0.1, 0.15) is 11.4 Å². The van der Waals surface area contributed by atoms with Crippen LogP contribution in [0.25, 0.3) is 17.1 Å². The molecule has 0 aliphatic heterocycles. The molecule has 0 bridgehead atoms. The first-order chi connectivity index (χ1) is 15.3. The number of aromatic nitrogens is 5. The predicted molar refractivity (Wildman–Crippen MR) is 123 cm³/mol. The van der Waals surface area contributed by atoms with E-state index >= 15 is 0 Å². The van der Waals surface area contributed by atoms with Gasteiger partial charge in [-0.05, 0) is 39.0 Å². The number of carbonyl (C=O) groups is 1. The number of thioether (sulfide) groups is 1. The van der Waals surface area contributed by atoms with Crippen LogP contribution in [0.15, 0.2) is 57.0 Å². The van der Waals surface area contributed by atoms with Crippen LogP contribution in [0.2, 0.25) is 0 Å². The number of hydrogen-bond donors (Lipinski definition) is 1. The fraction of sp³-hybridized carbons (Fsp3) is 0.273. The minimum atomic E-state index is -0.500. The lowest BCUT2D eigenvalue weighted by Gasteiger charge is -2.11. The molecular weight excluding hydrogens is 428 g/mol. The van der Waals surface area contributed by atoms with Crippen molar-refractivity contribution in [3.05, 3.63) is 64.5 Å². The first-order valence-corrected chi connectivity index (χ1v) is 10.9. The molecule has 0 aliphatic rings. The smallest absolute Gasteiger partial charge is 0.295 e. The molecule has 4 rings (SSSR count). The molecule has 3 aromatic heterocycles. The molecule has 1 unspecified atom stereocenters. The molecule has 0 saturated heterocycles. The number of para-hydroxylation sites is 1. The van der Waals surface area contributed by atoms with Crippen LogP contribution in [-0.2, 0) is 18.9 Å². The Morgan fingerprint density at radius 2 is 1.84 bits per heavy atom. The predicted octanol–water partition coefficient (Wildman–Crippen LogP) is 3.30. The second kappa shape index (κ2) is 8.54. The summed E-state index contributed by atoms with van der Waals surface area (Å²) in [7, 11) is 3.63. The third-order valence-electron chi connectivity index (χ3n) is 5.39. The summed E-state index contributed by atoms with van der Waals surface area (Å²) >= 11 is 1.27. The number of furan rings is 1. The molecule has 0 saturated carbocycles. The molecular formula is C22H24N6O3S. The van der Waals surface area contributed by atoms with Crippen LogP contribution in [0.4, 0.5) is 5.69 Å². The fourth-order valence-electron chi connectivity index (χ4n) is 3.42. The maximum absolute atomic E-state index is 13.0. The number of nitrogens with one attached hydrogen (secondary N) is 1. The molecule has 1 atom stereocenters. The van der Waals surface area contributed by atoms with Gasteiger partial charge in [-0.15, -0.1) is 10.2 Å². The fourth-order valence-corrected chi connectivity index (χ4v) is 4.23. The Morgan fingerprint density at radius 1 is 1.12 bits per heavy atom. The SMILES string of the molecule is Cc1occc1-c1nnc(SC(C)C(=O)Nc2c(C)n(C)n(-c3ccccc3)c2=O)n1C. The van der Waals surface area contributed by atoms with Gasteiger partial charge in [-0.1, -0.05) is 30.0 Å². The molecule has 166 valence electrons. The topological polar surface area (TPSA) is 99.9 Å². The Kier molecular flexibility index (Phi) is 5.79. The van der Waals surface area contributed by atoms with E-state index in [4.69, 9.17) is 4.42 Å². The Bertz CT molecular complexity index is 1330. The van der Waals surface area contributed by atoms with Crippen molar-refractivity contribution < 1.29 is 9.21 Å². The van der Waals surface area contributed by atoms with Gasteiger partial charge in [0.05, 0.1) is 28.5 Å². The van der Waals surface area contributed by atoms with Crippen molar-refractivity contribution >= 4 is 23.4 Å². The molecule has 1 aromatic carbocycles. The molecule has 10 heteroatoms. The van der Waals surface area contributed by atoms with E-state index in [2.05, 4.69) is 15.5 Å². The van der Waals surface area contributed by atoms with E-state index < -0.39 is 5.25 Å². The van der Waals surface area contributed by atoms with E-state index in [1.165, 1.54) is 16.4 Å². The first kappa shape index (κ1) is 21.7. The Balaban J connectivity index is 1.54. The molecule has 9 nitrogen and oxygen atoms in total. The largest absolute Gasteiger partial charge is 0.469 e. The number of carbonyl (C=O) groups excluding carboxylic acids is 1. The van der Waals surface area contributed by atoms with Crippen molar-refractivity contribution in [2.75, 3.05) is 5.32 Å². The minimum Gasteiger partial charge on any atom is -0.469 e. The van der Waals surface area contributed by atoms with E-state index in [1.54, 1.807) is 31.8 Å². The van der Waals surface area contributed by atoms with Gasteiger partial charge in [-0.2, -0.15) is 0 Å². The molecule has 4 aromatic rings.